The van der Waals surface area contributed by atoms with Gasteiger partial charge in [-0.2, -0.15) is 0 Å². The Morgan fingerprint density at radius 1 is 0.659 bits per heavy atom. The van der Waals surface area contributed by atoms with Crippen LogP contribution in [0.15, 0.2) is 98.4 Å². The summed E-state index contributed by atoms with van der Waals surface area (Å²) in [6.07, 6.45) is 6.96. The fraction of sp³-hybridized carbons (Fsp3) is 0.158. The normalized spacial score (nSPS) is 9.95. The molecule has 4 rings (SSSR count). The number of aryl methyl sites for hydroxylation is 2. The fourth-order valence-electron chi connectivity index (χ4n) is 4.31. The van der Waals surface area contributed by atoms with E-state index in [1.54, 1.807) is 12.4 Å². The van der Waals surface area contributed by atoms with E-state index in [9.17, 15) is 9.59 Å². The van der Waals surface area contributed by atoms with Gasteiger partial charge in [0, 0.05) is 48.5 Å². The van der Waals surface area contributed by atoms with Crippen molar-refractivity contribution >= 4 is 11.9 Å². The van der Waals surface area contributed by atoms with Gasteiger partial charge in [0.15, 0.2) is 0 Å². The molecule has 0 fully saturated rings. The summed E-state index contributed by atoms with van der Waals surface area (Å²) in [5.41, 5.74) is 9.62. The first-order valence-electron chi connectivity index (χ1n) is 14.1. The number of carbonyl (C=O) groups is 2. The van der Waals surface area contributed by atoms with Crippen molar-refractivity contribution in [1.82, 2.24) is 9.97 Å². The smallest absolute Gasteiger partial charge is 0.330 e. The zero-order valence-electron chi connectivity index (χ0n) is 24.9. The molecule has 0 unspecified atom stereocenters. The third kappa shape index (κ3) is 9.14. The molecule has 0 amide bonds. The maximum Gasteiger partial charge on any atom is 0.330 e. The Morgan fingerprint density at radius 2 is 1.09 bits per heavy atom. The van der Waals surface area contributed by atoms with Crippen LogP contribution >= 0.6 is 0 Å². The second kappa shape index (κ2) is 15.5. The number of esters is 2. The minimum atomic E-state index is -0.431. The zero-order chi connectivity index (χ0) is 31.3. The Morgan fingerprint density at radius 3 is 1.43 bits per heavy atom. The SMILES string of the molecule is C=CC(=O)OCCc1ccc(C#Cc2ccc(-c3ccc(C#Cc4ccc(CCOC(=O)C=C)cn4)cc3C)c(C)c2)nc1. The number of ether oxygens (including phenoxy) is 2. The minimum absolute atomic E-state index is 0.283. The average molecular weight is 581 g/mol. The summed E-state index contributed by atoms with van der Waals surface area (Å²) in [4.78, 5) is 31.1. The van der Waals surface area contributed by atoms with Crippen LogP contribution in [-0.2, 0) is 31.9 Å². The predicted molar refractivity (Wildman–Crippen MR) is 172 cm³/mol. The maximum atomic E-state index is 11.2. The van der Waals surface area contributed by atoms with Crippen molar-refractivity contribution in [3.8, 4) is 34.8 Å². The van der Waals surface area contributed by atoms with E-state index in [1.165, 1.54) is 0 Å². The lowest BCUT2D eigenvalue weighted by Crippen LogP contribution is -2.04. The van der Waals surface area contributed by atoms with Gasteiger partial charge in [-0.05, 0) is 95.5 Å². The van der Waals surface area contributed by atoms with E-state index in [1.807, 2.05) is 36.4 Å². The molecule has 0 saturated heterocycles. The van der Waals surface area contributed by atoms with E-state index in [2.05, 4.69) is 84.9 Å². The highest BCUT2D eigenvalue weighted by Gasteiger charge is 2.07. The number of nitrogens with zero attached hydrogens (tertiary/aromatic N) is 2. The van der Waals surface area contributed by atoms with Gasteiger partial charge in [0.05, 0.1) is 13.2 Å². The second-order valence-corrected chi connectivity index (χ2v) is 9.91. The van der Waals surface area contributed by atoms with E-state index in [0.717, 1.165) is 56.7 Å². The molecule has 0 aliphatic rings. The molecule has 0 N–H and O–H groups in total. The van der Waals surface area contributed by atoms with Crippen molar-refractivity contribution in [3.63, 3.8) is 0 Å². The topological polar surface area (TPSA) is 78.4 Å². The highest BCUT2D eigenvalue weighted by Crippen LogP contribution is 2.28. The summed E-state index contributed by atoms with van der Waals surface area (Å²) in [7, 11) is 0. The third-order valence-electron chi connectivity index (χ3n) is 6.67. The Kier molecular flexibility index (Phi) is 11.0. The van der Waals surface area contributed by atoms with Gasteiger partial charge < -0.3 is 9.47 Å². The summed E-state index contributed by atoms with van der Waals surface area (Å²) in [6, 6.07) is 20.0. The van der Waals surface area contributed by atoms with Crippen molar-refractivity contribution in [1.29, 1.82) is 0 Å². The van der Waals surface area contributed by atoms with Crippen molar-refractivity contribution in [2.45, 2.75) is 26.7 Å². The quantitative estimate of drug-likeness (QED) is 0.135. The summed E-state index contributed by atoms with van der Waals surface area (Å²) in [5.74, 6) is 11.8. The van der Waals surface area contributed by atoms with Crippen molar-refractivity contribution in [3.05, 3.63) is 143 Å². The van der Waals surface area contributed by atoms with E-state index < -0.39 is 11.9 Å². The summed E-state index contributed by atoms with van der Waals surface area (Å²) >= 11 is 0. The summed E-state index contributed by atoms with van der Waals surface area (Å²) in [6.45, 7) is 11.5. The molecule has 0 bridgehead atoms. The molecule has 2 aromatic carbocycles. The monoisotopic (exact) mass is 580 g/mol. The van der Waals surface area contributed by atoms with Crippen LogP contribution in [0, 0.1) is 37.5 Å². The number of carbonyl (C=O) groups excluding carboxylic acids is 2. The first-order valence-corrected chi connectivity index (χ1v) is 14.1. The maximum absolute atomic E-state index is 11.2. The van der Waals surface area contributed by atoms with Crippen LogP contribution in [-0.4, -0.2) is 35.1 Å². The first-order chi connectivity index (χ1) is 21.3. The molecule has 44 heavy (non-hydrogen) atoms. The van der Waals surface area contributed by atoms with Gasteiger partial charge in [0.1, 0.15) is 11.4 Å². The lowest BCUT2D eigenvalue weighted by atomic mass is 9.94. The summed E-state index contributed by atoms with van der Waals surface area (Å²) in [5, 5.41) is 0. The first kappa shape index (κ1) is 31.2. The van der Waals surface area contributed by atoms with Crippen LogP contribution in [0.3, 0.4) is 0 Å². The lowest BCUT2D eigenvalue weighted by molar-refractivity contribution is -0.138. The number of pyridine rings is 2. The van der Waals surface area contributed by atoms with Crippen molar-refractivity contribution in [2.75, 3.05) is 13.2 Å². The standard InChI is InChI=1S/C38H32N2O4/c1-5-37(41)43-21-19-31-9-15-33(39-25-31)13-7-29-11-17-35(27(3)23-29)36-18-12-30(24-28(36)4)8-14-34-16-10-32(26-40-34)20-22-44-38(42)6-2/h5-6,9-12,15-18,23-26H,1-2,19-22H2,3-4H3. The van der Waals surface area contributed by atoms with Crippen LogP contribution < -0.4 is 0 Å². The van der Waals surface area contributed by atoms with E-state index in [4.69, 9.17) is 9.47 Å². The molecule has 2 aromatic heterocycles. The van der Waals surface area contributed by atoms with Gasteiger partial charge in [0.25, 0.3) is 0 Å². The van der Waals surface area contributed by atoms with E-state index in [0.29, 0.717) is 24.2 Å². The lowest BCUT2D eigenvalue weighted by Gasteiger charge is -2.10. The minimum Gasteiger partial charge on any atom is -0.462 e. The molecule has 0 saturated carbocycles. The number of hydrogen-bond donors (Lipinski definition) is 0. The third-order valence-corrected chi connectivity index (χ3v) is 6.67. The van der Waals surface area contributed by atoms with Gasteiger partial charge in [-0.25, -0.2) is 19.6 Å². The average Bonchev–Trinajstić information content (AvgIpc) is 3.04. The number of rotatable bonds is 9. The largest absolute Gasteiger partial charge is 0.462 e. The molecule has 0 atom stereocenters. The molecule has 6 nitrogen and oxygen atoms in total. The summed E-state index contributed by atoms with van der Waals surface area (Å²) < 4.78 is 10.0. The van der Waals surface area contributed by atoms with Crippen molar-refractivity contribution < 1.29 is 19.1 Å². The Labute approximate surface area is 258 Å². The Balaban J connectivity index is 1.37. The van der Waals surface area contributed by atoms with Crippen LogP contribution in [0.25, 0.3) is 11.1 Å². The molecule has 6 heteroatoms. The predicted octanol–water partition coefficient (Wildman–Crippen LogP) is 6.10. The zero-order valence-corrected chi connectivity index (χ0v) is 24.9. The van der Waals surface area contributed by atoms with Gasteiger partial charge in [0.2, 0.25) is 0 Å². The molecule has 218 valence electrons. The van der Waals surface area contributed by atoms with Gasteiger partial charge in [-0.3, -0.25) is 0 Å². The van der Waals surface area contributed by atoms with E-state index >= 15 is 0 Å². The van der Waals surface area contributed by atoms with Gasteiger partial charge in [-0.1, -0.05) is 49.3 Å². The highest BCUT2D eigenvalue weighted by molar-refractivity contribution is 5.81. The van der Waals surface area contributed by atoms with E-state index in [-0.39, 0.29) is 13.2 Å². The molecule has 0 aliphatic carbocycles. The molecule has 0 radical (unpaired) electrons. The van der Waals surface area contributed by atoms with Crippen molar-refractivity contribution in [2.24, 2.45) is 0 Å². The van der Waals surface area contributed by atoms with Crippen LogP contribution in [0.5, 0.6) is 0 Å². The van der Waals surface area contributed by atoms with Crippen LogP contribution in [0.1, 0.15) is 44.8 Å². The van der Waals surface area contributed by atoms with Gasteiger partial charge >= 0.3 is 11.9 Å². The number of aromatic nitrogens is 2. The molecular formula is C38H32N2O4. The molecule has 4 aromatic rings. The molecule has 0 aliphatic heterocycles. The highest BCUT2D eigenvalue weighted by atomic mass is 16.5. The Bertz CT molecular complexity index is 1660. The number of hydrogen-bond acceptors (Lipinski definition) is 6. The Hall–Kier alpha value is -5.72. The van der Waals surface area contributed by atoms with Crippen LogP contribution in [0.4, 0.5) is 0 Å². The van der Waals surface area contributed by atoms with Crippen LogP contribution in [0.2, 0.25) is 0 Å². The fourth-order valence-corrected chi connectivity index (χ4v) is 4.31. The molecular weight excluding hydrogens is 548 g/mol. The molecule has 2 heterocycles. The van der Waals surface area contributed by atoms with Gasteiger partial charge in [-0.15, -0.1) is 0 Å². The molecule has 0 spiro atoms. The number of benzene rings is 2. The second-order valence-electron chi connectivity index (χ2n) is 9.91.